The fraction of sp³-hybridized carbons (Fsp3) is 1.00. The van der Waals surface area contributed by atoms with Crippen LogP contribution in [0.5, 0.6) is 0 Å². The SMILES string of the molecule is Br.C1CCOC1.CCP.[Zn]. The topological polar surface area (TPSA) is 9.23 Å². The summed E-state index contributed by atoms with van der Waals surface area (Å²) < 4.78 is 4.94. The van der Waals surface area contributed by atoms with Gasteiger partial charge in [-0.3, -0.25) is 0 Å². The minimum Gasteiger partial charge on any atom is -0.381 e. The number of rotatable bonds is 0. The fourth-order valence-corrected chi connectivity index (χ4v) is 0.510. The molecule has 10 heavy (non-hydrogen) atoms. The molecule has 1 unspecified atom stereocenters. The standard InChI is InChI=1S/C4H8O.C2H7P.BrH.Zn/c1-2-4-5-3-1;1-2-3;;/h1-4H2;2-3H2,1H3;1H;. The van der Waals surface area contributed by atoms with Crippen molar-refractivity contribution in [3.63, 3.8) is 0 Å². The van der Waals surface area contributed by atoms with E-state index in [-0.39, 0.29) is 36.5 Å². The predicted octanol–water partition coefficient (Wildman–Crippen LogP) is 2.25. The van der Waals surface area contributed by atoms with Crippen LogP contribution in [-0.2, 0) is 24.2 Å². The molecule has 1 nitrogen and oxygen atoms in total. The van der Waals surface area contributed by atoms with Gasteiger partial charge >= 0.3 is 0 Å². The van der Waals surface area contributed by atoms with Crippen LogP contribution >= 0.6 is 26.2 Å². The predicted molar refractivity (Wildman–Crippen MR) is 50.6 cm³/mol. The van der Waals surface area contributed by atoms with E-state index in [0.29, 0.717) is 0 Å². The van der Waals surface area contributed by atoms with Crippen molar-refractivity contribution in [1.82, 2.24) is 0 Å². The Hall–Kier alpha value is 1.49. The molecule has 4 heteroatoms. The van der Waals surface area contributed by atoms with Gasteiger partial charge in [0.1, 0.15) is 0 Å². The van der Waals surface area contributed by atoms with E-state index in [4.69, 9.17) is 4.74 Å². The first-order chi connectivity index (χ1) is 3.91. The molecular formula is C6H16BrOPZn. The van der Waals surface area contributed by atoms with E-state index < -0.39 is 0 Å². The minimum atomic E-state index is 0. The monoisotopic (exact) mass is 278 g/mol. The van der Waals surface area contributed by atoms with Crippen LogP contribution in [0.25, 0.3) is 0 Å². The van der Waals surface area contributed by atoms with Gasteiger partial charge in [0.15, 0.2) is 0 Å². The van der Waals surface area contributed by atoms with E-state index in [0.717, 1.165) is 13.2 Å². The molecular weight excluding hydrogens is 264 g/mol. The van der Waals surface area contributed by atoms with Gasteiger partial charge in [-0.25, -0.2) is 0 Å². The van der Waals surface area contributed by atoms with Crippen LogP contribution in [0.15, 0.2) is 0 Å². The summed E-state index contributed by atoms with van der Waals surface area (Å²) in [4.78, 5) is 0. The second-order valence-electron chi connectivity index (χ2n) is 1.73. The summed E-state index contributed by atoms with van der Waals surface area (Å²) in [5, 5.41) is 0. The molecule has 0 saturated carbocycles. The molecule has 1 heterocycles. The molecule has 0 bridgehead atoms. The van der Waals surface area contributed by atoms with Crippen molar-refractivity contribution in [3.8, 4) is 0 Å². The van der Waals surface area contributed by atoms with Crippen LogP contribution in [0.3, 0.4) is 0 Å². The molecule has 0 spiro atoms. The Morgan fingerprint density at radius 3 is 1.70 bits per heavy atom. The zero-order valence-electron chi connectivity index (χ0n) is 6.64. The van der Waals surface area contributed by atoms with E-state index in [1.165, 1.54) is 19.0 Å². The van der Waals surface area contributed by atoms with E-state index >= 15 is 0 Å². The molecule has 0 amide bonds. The molecule has 1 aliphatic heterocycles. The van der Waals surface area contributed by atoms with Crippen LogP contribution in [0.2, 0.25) is 0 Å². The average Bonchev–Trinajstić information content (AvgIpc) is 2.17. The van der Waals surface area contributed by atoms with Gasteiger partial charge < -0.3 is 4.74 Å². The molecule has 0 aromatic rings. The third kappa shape index (κ3) is 16.2. The average molecular weight is 280 g/mol. The zero-order chi connectivity index (χ0) is 6.24. The number of halogens is 1. The third-order valence-electron chi connectivity index (χ3n) is 0.827. The number of hydrogen-bond acceptors (Lipinski definition) is 1. The summed E-state index contributed by atoms with van der Waals surface area (Å²) in [6, 6.07) is 0. The zero-order valence-corrected chi connectivity index (χ0v) is 12.5. The van der Waals surface area contributed by atoms with Crippen molar-refractivity contribution in [1.29, 1.82) is 0 Å². The molecule has 1 fully saturated rings. The Labute approximate surface area is 89.4 Å². The van der Waals surface area contributed by atoms with E-state index in [1.54, 1.807) is 0 Å². The summed E-state index contributed by atoms with van der Waals surface area (Å²) in [6.45, 7) is 4.09. The maximum absolute atomic E-state index is 4.94. The molecule has 1 aliphatic rings. The second-order valence-corrected chi connectivity index (χ2v) is 2.54. The van der Waals surface area contributed by atoms with Crippen molar-refractivity contribution in [2.75, 3.05) is 19.4 Å². The molecule has 0 aromatic heterocycles. The van der Waals surface area contributed by atoms with Gasteiger partial charge in [0.25, 0.3) is 0 Å². The molecule has 0 N–H and O–H groups in total. The Morgan fingerprint density at radius 2 is 1.60 bits per heavy atom. The summed E-state index contributed by atoms with van der Waals surface area (Å²) in [6.07, 6.45) is 3.72. The quantitative estimate of drug-likeness (QED) is 0.488. The molecule has 1 atom stereocenters. The largest absolute Gasteiger partial charge is 0.381 e. The molecule has 0 radical (unpaired) electrons. The van der Waals surface area contributed by atoms with Gasteiger partial charge in [-0.05, 0) is 19.0 Å². The summed E-state index contributed by atoms with van der Waals surface area (Å²) in [7, 11) is 2.58. The maximum atomic E-state index is 4.94. The van der Waals surface area contributed by atoms with Gasteiger partial charge in [-0.1, -0.05) is 6.92 Å². The van der Waals surface area contributed by atoms with Crippen LogP contribution in [-0.4, -0.2) is 19.4 Å². The summed E-state index contributed by atoms with van der Waals surface area (Å²) in [5.74, 6) is 0. The number of hydrogen-bond donors (Lipinski definition) is 0. The van der Waals surface area contributed by atoms with Crippen LogP contribution in [0.4, 0.5) is 0 Å². The van der Waals surface area contributed by atoms with Crippen molar-refractivity contribution in [3.05, 3.63) is 0 Å². The normalized spacial score (nSPS) is 13.8. The van der Waals surface area contributed by atoms with E-state index in [9.17, 15) is 0 Å². The van der Waals surface area contributed by atoms with Crippen LogP contribution in [0.1, 0.15) is 19.8 Å². The van der Waals surface area contributed by atoms with Crippen molar-refractivity contribution in [2.24, 2.45) is 0 Å². The first-order valence-corrected chi connectivity index (χ1v) is 4.01. The minimum absolute atomic E-state index is 0. The third-order valence-corrected chi connectivity index (χ3v) is 0.827. The van der Waals surface area contributed by atoms with Crippen molar-refractivity contribution < 1.29 is 24.2 Å². The molecule has 1 saturated heterocycles. The molecule has 1 rings (SSSR count). The van der Waals surface area contributed by atoms with Gasteiger partial charge in [-0.15, -0.1) is 26.2 Å². The Balaban J connectivity index is -0.0000000900. The molecule has 60 valence electrons. The summed E-state index contributed by atoms with van der Waals surface area (Å²) in [5.41, 5.74) is 0. The molecule has 0 aromatic carbocycles. The summed E-state index contributed by atoms with van der Waals surface area (Å²) >= 11 is 0. The van der Waals surface area contributed by atoms with Gasteiger partial charge in [0.05, 0.1) is 0 Å². The fourth-order valence-electron chi connectivity index (χ4n) is 0.510. The van der Waals surface area contributed by atoms with Crippen LogP contribution in [0, 0.1) is 0 Å². The number of ether oxygens (including phenoxy) is 1. The molecule has 0 aliphatic carbocycles. The van der Waals surface area contributed by atoms with Gasteiger partial charge in [-0.2, -0.15) is 0 Å². The Morgan fingerprint density at radius 1 is 1.30 bits per heavy atom. The first-order valence-electron chi connectivity index (χ1n) is 3.19. The Bertz CT molecular complexity index is 37.1. The van der Waals surface area contributed by atoms with Crippen LogP contribution < -0.4 is 0 Å². The second kappa shape index (κ2) is 16.8. The first kappa shape index (κ1) is 17.5. The van der Waals surface area contributed by atoms with Gasteiger partial charge in [0.2, 0.25) is 0 Å². The van der Waals surface area contributed by atoms with E-state index in [2.05, 4.69) is 16.2 Å². The smallest absolute Gasteiger partial charge is 0.0466 e. The van der Waals surface area contributed by atoms with Crippen molar-refractivity contribution >= 4 is 26.2 Å². The Kier molecular flexibility index (Phi) is 29.5. The van der Waals surface area contributed by atoms with E-state index in [1.807, 2.05) is 0 Å². The van der Waals surface area contributed by atoms with Crippen molar-refractivity contribution in [2.45, 2.75) is 19.8 Å². The van der Waals surface area contributed by atoms with Gasteiger partial charge in [0, 0.05) is 32.7 Å². The maximum Gasteiger partial charge on any atom is 0.0466 e.